The van der Waals surface area contributed by atoms with E-state index >= 15 is 0 Å². The van der Waals surface area contributed by atoms with E-state index in [4.69, 9.17) is 8.83 Å². The van der Waals surface area contributed by atoms with Crippen LogP contribution in [0.15, 0.2) is 57.4 Å². The van der Waals surface area contributed by atoms with Gasteiger partial charge in [0.25, 0.3) is 0 Å². The number of aryl methyl sites for hydroxylation is 2. The summed E-state index contributed by atoms with van der Waals surface area (Å²) in [7, 11) is 0. The molecule has 0 saturated heterocycles. The van der Waals surface area contributed by atoms with Crippen molar-refractivity contribution in [3.63, 3.8) is 0 Å². The van der Waals surface area contributed by atoms with Gasteiger partial charge in [-0.2, -0.15) is 0 Å². The normalized spacial score (nSPS) is 11.0. The fraction of sp³-hybridized carbons (Fsp3) is 0.100. The molecule has 0 aliphatic rings. The van der Waals surface area contributed by atoms with Crippen molar-refractivity contribution in [1.29, 1.82) is 0 Å². The topological polar surface area (TPSA) is 84.5 Å². The lowest BCUT2D eigenvalue weighted by Gasteiger charge is -2.03. The van der Waals surface area contributed by atoms with Crippen molar-refractivity contribution in [3.05, 3.63) is 71.2 Å². The molecule has 130 valence electrons. The number of fused-ring (bicyclic) bond motifs is 2. The van der Waals surface area contributed by atoms with Crippen LogP contribution in [0, 0.1) is 13.8 Å². The Morgan fingerprint density at radius 2 is 1.31 bits per heavy atom. The number of benzene rings is 2. The van der Waals surface area contributed by atoms with Gasteiger partial charge in [-0.1, -0.05) is 18.2 Å². The molecule has 2 aromatic carbocycles. The van der Waals surface area contributed by atoms with E-state index in [1.54, 1.807) is 18.2 Å². The second-order valence-electron chi connectivity index (χ2n) is 6.14. The van der Waals surface area contributed by atoms with Crippen LogP contribution in [0.3, 0.4) is 0 Å². The lowest BCUT2D eigenvalue weighted by molar-refractivity contribution is 0.0819. The van der Waals surface area contributed by atoms with Crippen molar-refractivity contribution in [2.24, 2.45) is 0 Å². The molecule has 0 aliphatic heterocycles. The second kappa shape index (κ2) is 6.07. The lowest BCUT2D eigenvalue weighted by atomic mass is 10.1. The van der Waals surface area contributed by atoms with Crippen LogP contribution in [0.1, 0.15) is 32.2 Å². The molecule has 26 heavy (non-hydrogen) atoms. The third-order valence-corrected chi connectivity index (χ3v) is 4.30. The van der Waals surface area contributed by atoms with Crippen molar-refractivity contribution in [2.75, 3.05) is 0 Å². The van der Waals surface area contributed by atoms with Gasteiger partial charge in [0.1, 0.15) is 11.2 Å². The van der Waals surface area contributed by atoms with Crippen LogP contribution in [0.4, 0.5) is 0 Å². The number of para-hydroxylation sites is 1. The van der Waals surface area contributed by atoms with Gasteiger partial charge >= 0.3 is 11.8 Å². The number of hydrogen-bond acceptors (Lipinski definition) is 4. The number of furan rings is 2. The quantitative estimate of drug-likeness (QED) is 0.539. The summed E-state index contributed by atoms with van der Waals surface area (Å²) in [4.78, 5) is 24.4. The third-order valence-electron chi connectivity index (χ3n) is 4.30. The van der Waals surface area contributed by atoms with Crippen LogP contribution in [0.2, 0.25) is 0 Å². The highest BCUT2D eigenvalue weighted by Crippen LogP contribution is 2.23. The van der Waals surface area contributed by atoms with E-state index < -0.39 is 11.8 Å². The molecule has 2 aromatic heterocycles. The summed E-state index contributed by atoms with van der Waals surface area (Å²) < 4.78 is 11.0. The number of rotatable bonds is 2. The van der Waals surface area contributed by atoms with E-state index in [2.05, 4.69) is 10.9 Å². The first-order valence-electron chi connectivity index (χ1n) is 8.11. The zero-order valence-electron chi connectivity index (χ0n) is 14.3. The Morgan fingerprint density at radius 3 is 2.00 bits per heavy atom. The molecule has 0 bridgehead atoms. The molecule has 0 radical (unpaired) electrons. The average molecular weight is 348 g/mol. The van der Waals surface area contributed by atoms with Crippen molar-refractivity contribution >= 4 is 33.8 Å². The molecule has 2 amide bonds. The van der Waals surface area contributed by atoms with Crippen molar-refractivity contribution in [1.82, 2.24) is 10.9 Å². The summed E-state index contributed by atoms with van der Waals surface area (Å²) in [5.74, 6) is -0.851. The molecule has 0 atom stereocenters. The van der Waals surface area contributed by atoms with E-state index in [0.717, 1.165) is 21.9 Å². The highest BCUT2D eigenvalue weighted by molar-refractivity contribution is 6.00. The number of hydrogen-bond donors (Lipinski definition) is 2. The van der Waals surface area contributed by atoms with Gasteiger partial charge < -0.3 is 8.83 Å². The van der Waals surface area contributed by atoms with Gasteiger partial charge in [0, 0.05) is 10.8 Å². The van der Waals surface area contributed by atoms with Gasteiger partial charge in [-0.25, -0.2) is 0 Å². The van der Waals surface area contributed by atoms with Crippen LogP contribution >= 0.6 is 0 Å². The maximum Gasteiger partial charge on any atom is 0.305 e. The molecule has 0 fully saturated rings. The van der Waals surface area contributed by atoms with Crippen LogP contribution in [-0.2, 0) is 0 Å². The van der Waals surface area contributed by atoms with Crippen molar-refractivity contribution < 1.29 is 18.4 Å². The highest BCUT2D eigenvalue weighted by atomic mass is 16.4. The number of carbonyl (C=O) groups is 2. The molecule has 4 aromatic rings. The molecule has 0 saturated carbocycles. The first-order chi connectivity index (χ1) is 12.5. The summed E-state index contributed by atoms with van der Waals surface area (Å²) >= 11 is 0. The molecular weight excluding hydrogens is 332 g/mol. The van der Waals surface area contributed by atoms with E-state index in [9.17, 15) is 9.59 Å². The number of carbonyl (C=O) groups excluding carboxylic acids is 2. The summed E-state index contributed by atoms with van der Waals surface area (Å²) in [6, 6.07) is 14.4. The largest absolute Gasteiger partial charge is 0.451 e. The van der Waals surface area contributed by atoms with Crippen LogP contribution in [0.5, 0.6) is 0 Å². The Morgan fingerprint density at radius 1 is 0.731 bits per heavy atom. The zero-order chi connectivity index (χ0) is 18.3. The minimum atomic E-state index is -0.544. The molecule has 0 spiro atoms. The SMILES string of the molecule is Cc1cc2cc(C(=O)NNC(=O)c3cc4ccccc4o3)oc2cc1C. The first kappa shape index (κ1) is 16.0. The summed E-state index contributed by atoms with van der Waals surface area (Å²) in [5.41, 5.74) is 8.10. The zero-order valence-corrected chi connectivity index (χ0v) is 14.3. The maximum atomic E-state index is 12.2. The molecule has 0 aliphatic carbocycles. The third kappa shape index (κ3) is 2.82. The van der Waals surface area contributed by atoms with Crippen LogP contribution < -0.4 is 10.9 Å². The second-order valence-corrected chi connectivity index (χ2v) is 6.14. The Hall–Kier alpha value is -3.54. The van der Waals surface area contributed by atoms with Gasteiger partial charge in [0.05, 0.1) is 0 Å². The predicted octanol–water partition coefficient (Wildman–Crippen LogP) is 3.87. The summed E-state index contributed by atoms with van der Waals surface area (Å²) in [6.07, 6.45) is 0. The number of amides is 2. The Labute approximate surface area is 148 Å². The fourth-order valence-electron chi connectivity index (χ4n) is 2.74. The van der Waals surface area contributed by atoms with Crippen molar-refractivity contribution in [2.45, 2.75) is 13.8 Å². The summed E-state index contributed by atoms with van der Waals surface area (Å²) in [6.45, 7) is 3.97. The van der Waals surface area contributed by atoms with E-state index in [0.29, 0.717) is 11.2 Å². The molecule has 6 heteroatoms. The molecule has 0 unspecified atom stereocenters. The van der Waals surface area contributed by atoms with Gasteiger partial charge in [-0.3, -0.25) is 20.4 Å². The number of hydrazine groups is 1. The van der Waals surface area contributed by atoms with E-state index in [1.165, 1.54) is 0 Å². The highest BCUT2D eigenvalue weighted by Gasteiger charge is 2.16. The monoisotopic (exact) mass is 348 g/mol. The minimum absolute atomic E-state index is 0.113. The van der Waals surface area contributed by atoms with E-state index in [-0.39, 0.29) is 11.5 Å². The van der Waals surface area contributed by atoms with E-state index in [1.807, 2.05) is 44.2 Å². The average Bonchev–Trinajstić information content (AvgIpc) is 3.23. The molecule has 4 rings (SSSR count). The van der Waals surface area contributed by atoms with Gasteiger partial charge in [-0.15, -0.1) is 0 Å². The standard InChI is InChI=1S/C20H16N2O4/c1-11-7-14-10-18(26-16(14)8-12(11)2)20(24)22-21-19(23)17-9-13-5-3-4-6-15(13)25-17/h3-10H,1-2H3,(H,21,23)(H,22,24). The van der Waals surface area contributed by atoms with Crippen LogP contribution in [0.25, 0.3) is 21.9 Å². The Bertz CT molecular complexity index is 1080. The predicted molar refractivity (Wildman–Crippen MR) is 96.8 cm³/mol. The van der Waals surface area contributed by atoms with Gasteiger partial charge in [0.15, 0.2) is 11.5 Å². The smallest absolute Gasteiger partial charge is 0.305 e. The fourth-order valence-corrected chi connectivity index (χ4v) is 2.74. The molecule has 2 N–H and O–H groups in total. The lowest BCUT2D eigenvalue weighted by Crippen LogP contribution is -2.41. The van der Waals surface area contributed by atoms with Crippen LogP contribution in [-0.4, -0.2) is 11.8 Å². The Balaban J connectivity index is 1.48. The molecule has 6 nitrogen and oxygen atoms in total. The minimum Gasteiger partial charge on any atom is -0.451 e. The Kier molecular flexibility index (Phi) is 3.73. The maximum absolute atomic E-state index is 12.2. The van der Waals surface area contributed by atoms with Gasteiger partial charge in [0.2, 0.25) is 0 Å². The van der Waals surface area contributed by atoms with Gasteiger partial charge in [-0.05, 0) is 55.3 Å². The molecule has 2 heterocycles. The van der Waals surface area contributed by atoms with Crippen molar-refractivity contribution in [3.8, 4) is 0 Å². The summed E-state index contributed by atoms with van der Waals surface area (Å²) in [5, 5.41) is 1.65. The molecular formula is C20H16N2O4. The first-order valence-corrected chi connectivity index (χ1v) is 8.11. The number of nitrogens with one attached hydrogen (secondary N) is 2.